The first kappa shape index (κ1) is 8.42. The number of nitrogens with zero attached hydrogens (tertiary/aromatic N) is 1. The fourth-order valence-electron chi connectivity index (χ4n) is 0.593. The standard InChI is InChI=1S/C6H5NO2S2/c8-7(9)11-6-3-1-5(10)2-4-6/h1-4,10H. The molecular weight excluding hydrogens is 182 g/mol. The van der Waals surface area contributed by atoms with Crippen molar-refractivity contribution in [2.24, 2.45) is 0 Å². The van der Waals surface area contributed by atoms with E-state index >= 15 is 0 Å². The highest BCUT2D eigenvalue weighted by atomic mass is 32.2. The molecule has 58 valence electrons. The van der Waals surface area contributed by atoms with E-state index < -0.39 is 4.33 Å². The van der Waals surface area contributed by atoms with Crippen LogP contribution in [0.2, 0.25) is 0 Å². The minimum absolute atomic E-state index is 0.437. The fraction of sp³-hybridized carbons (Fsp3) is 0. The first-order valence-corrected chi connectivity index (χ1v) is 4.02. The van der Waals surface area contributed by atoms with Crippen molar-refractivity contribution in [3.63, 3.8) is 0 Å². The molecule has 0 fully saturated rings. The second kappa shape index (κ2) is 3.64. The molecule has 0 spiro atoms. The van der Waals surface area contributed by atoms with Gasteiger partial charge in [-0.25, -0.2) is 0 Å². The Morgan fingerprint density at radius 3 is 2.36 bits per heavy atom. The van der Waals surface area contributed by atoms with Gasteiger partial charge in [0.1, 0.15) is 4.33 Å². The topological polar surface area (TPSA) is 43.1 Å². The second-order valence-corrected chi connectivity index (χ2v) is 3.28. The lowest BCUT2D eigenvalue weighted by Crippen LogP contribution is -1.81. The zero-order valence-corrected chi connectivity index (χ0v) is 7.14. The predicted octanol–water partition coefficient (Wildman–Crippen LogP) is 2.26. The van der Waals surface area contributed by atoms with Gasteiger partial charge in [0.05, 0.1) is 4.90 Å². The van der Waals surface area contributed by atoms with E-state index in [2.05, 4.69) is 12.6 Å². The molecule has 0 aromatic heterocycles. The van der Waals surface area contributed by atoms with Crippen molar-refractivity contribution in [1.82, 2.24) is 0 Å². The summed E-state index contributed by atoms with van der Waals surface area (Å²) >= 11 is 4.64. The molecule has 0 N–H and O–H groups in total. The molecule has 0 aliphatic heterocycles. The number of thiol groups is 1. The summed E-state index contributed by atoms with van der Waals surface area (Å²) in [5, 5.41) is 10.0. The molecule has 0 saturated heterocycles. The molecule has 5 heteroatoms. The van der Waals surface area contributed by atoms with Crippen molar-refractivity contribution >= 4 is 24.6 Å². The summed E-state index contributed by atoms with van der Waals surface area (Å²) in [5.74, 6) is 0. The largest absolute Gasteiger partial charge is 0.265 e. The minimum atomic E-state index is -0.437. The van der Waals surface area contributed by atoms with Gasteiger partial charge in [-0.1, -0.05) is 0 Å². The Hall–Kier alpha value is -0.680. The third-order valence-corrected chi connectivity index (χ3v) is 1.95. The predicted molar refractivity (Wildman–Crippen MR) is 46.5 cm³/mol. The van der Waals surface area contributed by atoms with Crippen LogP contribution in [-0.4, -0.2) is 4.33 Å². The summed E-state index contributed by atoms with van der Waals surface area (Å²) in [6.45, 7) is 0. The van der Waals surface area contributed by atoms with Gasteiger partial charge < -0.3 is 0 Å². The summed E-state index contributed by atoms with van der Waals surface area (Å²) in [4.78, 5) is 11.4. The highest BCUT2D eigenvalue weighted by Gasteiger charge is 2.02. The van der Waals surface area contributed by atoms with Crippen LogP contribution in [0.4, 0.5) is 0 Å². The maximum absolute atomic E-state index is 10.0. The van der Waals surface area contributed by atoms with Crippen molar-refractivity contribution < 1.29 is 4.33 Å². The van der Waals surface area contributed by atoms with Gasteiger partial charge in [0, 0.05) is 4.90 Å². The molecule has 11 heavy (non-hydrogen) atoms. The third-order valence-electron chi connectivity index (χ3n) is 1.02. The quantitative estimate of drug-likeness (QED) is 0.334. The van der Waals surface area contributed by atoms with E-state index in [4.69, 9.17) is 0 Å². The molecule has 1 aromatic rings. The number of rotatable bonds is 2. The molecule has 0 heterocycles. The molecule has 3 nitrogen and oxygen atoms in total. The first-order chi connectivity index (χ1) is 5.18. The van der Waals surface area contributed by atoms with Crippen LogP contribution in [0.1, 0.15) is 0 Å². The Morgan fingerprint density at radius 2 is 1.91 bits per heavy atom. The summed E-state index contributed by atoms with van der Waals surface area (Å²) in [6.07, 6.45) is 0. The molecule has 0 aliphatic carbocycles. The molecular formula is C6H5NO2S2. The molecule has 1 rings (SSSR count). The van der Waals surface area contributed by atoms with Crippen molar-refractivity contribution in [1.29, 1.82) is 0 Å². The molecule has 0 aliphatic rings. The lowest BCUT2D eigenvalue weighted by Gasteiger charge is -1.91. The lowest BCUT2D eigenvalue weighted by atomic mass is 10.4. The summed E-state index contributed by atoms with van der Waals surface area (Å²) in [7, 11) is 0. The molecule has 1 aromatic carbocycles. The van der Waals surface area contributed by atoms with Gasteiger partial charge in [-0.05, 0) is 24.3 Å². The van der Waals surface area contributed by atoms with Crippen molar-refractivity contribution in [3.05, 3.63) is 34.4 Å². The summed E-state index contributed by atoms with van der Waals surface area (Å²) in [6, 6.07) is 6.76. The highest BCUT2D eigenvalue weighted by molar-refractivity contribution is 7.93. The van der Waals surface area contributed by atoms with Crippen LogP contribution in [0, 0.1) is 10.1 Å². The zero-order chi connectivity index (χ0) is 8.27. The average molecular weight is 187 g/mol. The van der Waals surface area contributed by atoms with Crippen LogP contribution in [0.25, 0.3) is 0 Å². The molecule has 0 atom stereocenters. The van der Waals surface area contributed by atoms with Crippen LogP contribution in [-0.2, 0) is 0 Å². The maximum Gasteiger partial charge on any atom is 0.265 e. The maximum atomic E-state index is 10.0. The van der Waals surface area contributed by atoms with Crippen LogP contribution < -0.4 is 0 Å². The first-order valence-electron chi connectivity index (χ1n) is 2.80. The van der Waals surface area contributed by atoms with Crippen LogP contribution in [0.15, 0.2) is 34.1 Å². The normalized spacial score (nSPS) is 9.55. The van der Waals surface area contributed by atoms with Crippen molar-refractivity contribution in [3.8, 4) is 0 Å². The molecule has 0 amide bonds. The Labute approximate surface area is 73.5 Å². The highest BCUT2D eigenvalue weighted by Crippen LogP contribution is 2.19. The Bertz CT molecular complexity index is 260. The summed E-state index contributed by atoms with van der Waals surface area (Å²) in [5.41, 5.74) is 0. The summed E-state index contributed by atoms with van der Waals surface area (Å²) < 4.78 is -0.437. The van der Waals surface area contributed by atoms with E-state index in [0.29, 0.717) is 16.8 Å². The Kier molecular flexibility index (Phi) is 2.78. The van der Waals surface area contributed by atoms with E-state index in [1.165, 1.54) is 0 Å². The van der Waals surface area contributed by atoms with Crippen molar-refractivity contribution in [2.45, 2.75) is 9.79 Å². The van der Waals surface area contributed by atoms with Gasteiger partial charge in [0.2, 0.25) is 0 Å². The van der Waals surface area contributed by atoms with Gasteiger partial charge in [0.15, 0.2) is 0 Å². The van der Waals surface area contributed by atoms with E-state index in [1.807, 2.05) is 0 Å². The smallest absolute Gasteiger partial charge is 0.250 e. The Balaban J connectivity index is 2.74. The monoisotopic (exact) mass is 187 g/mol. The van der Waals surface area contributed by atoms with Crippen LogP contribution in [0.3, 0.4) is 0 Å². The number of benzene rings is 1. The van der Waals surface area contributed by atoms with Gasteiger partial charge >= 0.3 is 0 Å². The fourth-order valence-corrected chi connectivity index (χ4v) is 1.17. The molecule has 0 radical (unpaired) electrons. The third kappa shape index (κ3) is 2.81. The Morgan fingerprint density at radius 1 is 1.36 bits per heavy atom. The van der Waals surface area contributed by atoms with Gasteiger partial charge in [-0.2, -0.15) is 0 Å². The minimum Gasteiger partial charge on any atom is -0.250 e. The van der Waals surface area contributed by atoms with E-state index in [1.54, 1.807) is 24.3 Å². The number of nitro groups is 1. The number of hydrogen-bond acceptors (Lipinski definition) is 4. The zero-order valence-electron chi connectivity index (χ0n) is 5.43. The number of hydrogen-bond donors (Lipinski definition) is 1. The van der Waals surface area contributed by atoms with Crippen LogP contribution >= 0.6 is 24.6 Å². The molecule has 0 saturated carbocycles. The van der Waals surface area contributed by atoms with Gasteiger partial charge in [-0.15, -0.1) is 12.6 Å². The SMILES string of the molecule is O=[N+]([O-])Sc1ccc(S)cc1. The average Bonchev–Trinajstić information content (AvgIpc) is 1.93. The van der Waals surface area contributed by atoms with E-state index in [9.17, 15) is 10.1 Å². The second-order valence-electron chi connectivity index (χ2n) is 1.81. The lowest BCUT2D eigenvalue weighted by molar-refractivity contribution is -0.284. The van der Waals surface area contributed by atoms with E-state index in [0.717, 1.165) is 4.90 Å². The molecule has 0 bridgehead atoms. The molecule has 0 unspecified atom stereocenters. The van der Waals surface area contributed by atoms with Crippen molar-refractivity contribution in [2.75, 3.05) is 0 Å². The van der Waals surface area contributed by atoms with Crippen LogP contribution in [0.5, 0.6) is 0 Å². The van der Waals surface area contributed by atoms with E-state index in [-0.39, 0.29) is 0 Å². The van der Waals surface area contributed by atoms with Gasteiger partial charge in [0.25, 0.3) is 11.9 Å². The van der Waals surface area contributed by atoms with Gasteiger partial charge in [-0.3, -0.25) is 10.1 Å².